The van der Waals surface area contributed by atoms with Crippen LogP contribution in [0.1, 0.15) is 34.5 Å². The van der Waals surface area contributed by atoms with Gasteiger partial charge in [-0.15, -0.1) is 0 Å². The van der Waals surface area contributed by atoms with E-state index < -0.39 is 28.7 Å². The number of para-hydroxylation sites is 1. The van der Waals surface area contributed by atoms with Crippen LogP contribution in [0.2, 0.25) is 0 Å². The molecule has 0 spiro atoms. The summed E-state index contributed by atoms with van der Waals surface area (Å²) in [5, 5.41) is 6.63. The topological polar surface area (TPSA) is 86.0 Å². The van der Waals surface area contributed by atoms with Crippen LogP contribution < -0.4 is 16.6 Å². The van der Waals surface area contributed by atoms with Crippen LogP contribution >= 0.6 is 0 Å². The van der Waals surface area contributed by atoms with Gasteiger partial charge in [-0.3, -0.25) is 14.2 Å². The Morgan fingerprint density at radius 3 is 2.52 bits per heavy atom. The minimum Gasteiger partial charge on any atom is -0.348 e. The van der Waals surface area contributed by atoms with Crippen molar-refractivity contribution in [2.24, 2.45) is 0 Å². The predicted molar refractivity (Wildman–Crippen MR) is 105 cm³/mol. The fourth-order valence-electron chi connectivity index (χ4n) is 3.02. The number of nitrogens with zero attached hydrogens (tertiary/aromatic N) is 3. The number of rotatable bonds is 5. The number of nitrogens with one attached hydrogen (secondary N) is 1. The van der Waals surface area contributed by atoms with Crippen molar-refractivity contribution in [3.8, 4) is 5.69 Å². The average Bonchev–Trinajstić information content (AvgIpc) is 3.51. The van der Waals surface area contributed by atoms with Crippen LogP contribution in [-0.4, -0.2) is 26.3 Å². The molecule has 0 bridgehead atoms. The number of hydrogen-bond acceptors (Lipinski definition) is 4. The number of amides is 1. The normalized spacial score (nSPS) is 13.3. The summed E-state index contributed by atoms with van der Waals surface area (Å²) in [5.41, 5.74) is -0.552. The molecule has 0 aliphatic heterocycles. The molecule has 0 unspecified atom stereocenters. The van der Waals surface area contributed by atoms with Crippen molar-refractivity contribution < 1.29 is 9.18 Å². The maximum absolute atomic E-state index is 14.3. The molecule has 1 saturated carbocycles. The molecule has 3 aromatic rings. The minimum atomic E-state index is -0.814. The third kappa shape index (κ3) is 3.73. The maximum atomic E-state index is 14.3. The van der Waals surface area contributed by atoms with Gasteiger partial charge in [0.25, 0.3) is 11.5 Å². The van der Waals surface area contributed by atoms with E-state index in [1.807, 2.05) is 19.1 Å². The summed E-state index contributed by atoms with van der Waals surface area (Å²) in [5.74, 6) is -1.35. The lowest BCUT2D eigenvalue weighted by Gasteiger charge is -2.13. The van der Waals surface area contributed by atoms with E-state index in [0.29, 0.717) is 0 Å². The maximum Gasteiger partial charge on any atom is 0.352 e. The zero-order valence-corrected chi connectivity index (χ0v) is 15.8. The van der Waals surface area contributed by atoms with E-state index in [0.717, 1.165) is 33.2 Å². The predicted octanol–water partition coefficient (Wildman–Crippen LogP) is 1.78. The highest BCUT2D eigenvalue weighted by Crippen LogP contribution is 2.19. The Balaban J connectivity index is 1.91. The third-order valence-corrected chi connectivity index (χ3v) is 4.86. The lowest BCUT2D eigenvalue weighted by atomic mass is 10.1. The summed E-state index contributed by atoms with van der Waals surface area (Å²) < 4.78 is 16.0. The number of benzene rings is 2. The molecule has 0 atom stereocenters. The van der Waals surface area contributed by atoms with Crippen LogP contribution in [0.5, 0.6) is 0 Å². The van der Waals surface area contributed by atoms with E-state index in [-0.39, 0.29) is 18.3 Å². The van der Waals surface area contributed by atoms with Crippen molar-refractivity contribution in [2.75, 3.05) is 0 Å². The third-order valence-electron chi connectivity index (χ3n) is 4.86. The second kappa shape index (κ2) is 7.46. The summed E-state index contributed by atoms with van der Waals surface area (Å²) in [6, 6.07) is 12.9. The summed E-state index contributed by atoms with van der Waals surface area (Å²) in [7, 11) is 0. The second-order valence-corrected chi connectivity index (χ2v) is 7.06. The van der Waals surface area contributed by atoms with Crippen molar-refractivity contribution in [3.63, 3.8) is 0 Å². The van der Waals surface area contributed by atoms with Crippen LogP contribution in [0.15, 0.2) is 58.1 Å². The number of carbonyl (C=O) groups is 1. The van der Waals surface area contributed by atoms with Crippen LogP contribution in [0.3, 0.4) is 0 Å². The van der Waals surface area contributed by atoms with Crippen LogP contribution in [-0.2, 0) is 6.54 Å². The SMILES string of the molecule is Cc1ccccc1Cn1c(=O)c(C(=O)NC2CC2)nn(-c2ccccc2F)c1=O. The molecule has 1 heterocycles. The molecule has 1 fully saturated rings. The molecule has 0 saturated heterocycles. The van der Waals surface area contributed by atoms with Gasteiger partial charge in [0.15, 0.2) is 0 Å². The lowest BCUT2D eigenvalue weighted by molar-refractivity contribution is 0.0941. The van der Waals surface area contributed by atoms with Gasteiger partial charge in [0, 0.05) is 6.04 Å². The van der Waals surface area contributed by atoms with Crippen LogP contribution in [0.4, 0.5) is 4.39 Å². The van der Waals surface area contributed by atoms with Gasteiger partial charge in [-0.2, -0.15) is 9.78 Å². The first kappa shape index (κ1) is 18.8. The van der Waals surface area contributed by atoms with Crippen LogP contribution in [0.25, 0.3) is 5.69 Å². The molecule has 148 valence electrons. The Labute approximate surface area is 165 Å². The van der Waals surface area contributed by atoms with E-state index in [2.05, 4.69) is 10.4 Å². The summed E-state index contributed by atoms with van der Waals surface area (Å²) >= 11 is 0. The van der Waals surface area contributed by atoms with Crippen molar-refractivity contribution in [1.82, 2.24) is 19.7 Å². The van der Waals surface area contributed by atoms with Gasteiger partial charge in [-0.05, 0) is 43.0 Å². The van der Waals surface area contributed by atoms with E-state index in [9.17, 15) is 18.8 Å². The summed E-state index contributed by atoms with van der Waals surface area (Å²) in [6.45, 7) is 1.81. The Morgan fingerprint density at radius 1 is 1.14 bits per heavy atom. The molecule has 29 heavy (non-hydrogen) atoms. The van der Waals surface area contributed by atoms with Gasteiger partial charge < -0.3 is 5.32 Å². The molecular weight excluding hydrogens is 375 g/mol. The highest BCUT2D eigenvalue weighted by Gasteiger charge is 2.28. The van der Waals surface area contributed by atoms with Crippen molar-refractivity contribution >= 4 is 5.91 Å². The minimum absolute atomic E-state index is 0.00218. The second-order valence-electron chi connectivity index (χ2n) is 7.06. The van der Waals surface area contributed by atoms with E-state index in [1.54, 1.807) is 18.2 Å². The van der Waals surface area contributed by atoms with Gasteiger partial charge in [0.05, 0.1) is 6.54 Å². The van der Waals surface area contributed by atoms with Crippen LogP contribution in [0, 0.1) is 12.7 Å². The highest BCUT2D eigenvalue weighted by molar-refractivity contribution is 5.92. The molecule has 1 aromatic heterocycles. The summed E-state index contributed by atoms with van der Waals surface area (Å²) in [4.78, 5) is 38.6. The van der Waals surface area contributed by atoms with Gasteiger partial charge in [0.2, 0.25) is 5.69 Å². The number of aromatic nitrogens is 3. The van der Waals surface area contributed by atoms with E-state index >= 15 is 0 Å². The Hall–Kier alpha value is -3.55. The largest absolute Gasteiger partial charge is 0.352 e. The number of hydrogen-bond donors (Lipinski definition) is 1. The number of carbonyl (C=O) groups excluding carboxylic acids is 1. The first-order valence-corrected chi connectivity index (χ1v) is 9.30. The van der Waals surface area contributed by atoms with Gasteiger partial charge in [-0.1, -0.05) is 36.4 Å². The standard InChI is InChI=1S/C21H19FN4O3/c1-13-6-2-3-7-14(13)12-25-20(28)18(19(27)23-15-10-11-15)24-26(21(25)29)17-9-5-4-8-16(17)22/h2-9,15H,10-12H2,1H3,(H,23,27). The molecule has 8 heteroatoms. The lowest BCUT2D eigenvalue weighted by Crippen LogP contribution is -2.46. The van der Waals surface area contributed by atoms with Gasteiger partial charge >= 0.3 is 5.69 Å². The van der Waals surface area contributed by atoms with Gasteiger partial charge in [0.1, 0.15) is 11.5 Å². The average molecular weight is 394 g/mol. The van der Waals surface area contributed by atoms with Crippen molar-refractivity contribution in [3.05, 3.63) is 92.0 Å². The quantitative estimate of drug-likeness (QED) is 0.715. The number of halogens is 1. The zero-order chi connectivity index (χ0) is 20.5. The Kier molecular flexibility index (Phi) is 4.84. The van der Waals surface area contributed by atoms with Gasteiger partial charge in [-0.25, -0.2) is 9.18 Å². The first-order chi connectivity index (χ1) is 14.0. The molecule has 7 nitrogen and oxygen atoms in total. The molecule has 1 N–H and O–H groups in total. The van der Waals surface area contributed by atoms with E-state index in [1.165, 1.54) is 18.2 Å². The molecule has 1 amide bonds. The summed E-state index contributed by atoms with van der Waals surface area (Å²) in [6.07, 6.45) is 1.66. The molecule has 1 aliphatic rings. The highest BCUT2D eigenvalue weighted by atomic mass is 19.1. The molecule has 1 aliphatic carbocycles. The molecule has 0 radical (unpaired) electrons. The smallest absolute Gasteiger partial charge is 0.348 e. The van der Waals surface area contributed by atoms with Crippen molar-refractivity contribution in [2.45, 2.75) is 32.4 Å². The Bertz CT molecular complexity index is 1210. The first-order valence-electron chi connectivity index (χ1n) is 9.30. The molecular formula is C21H19FN4O3. The fraction of sp³-hybridized carbons (Fsp3) is 0.238. The molecule has 2 aromatic carbocycles. The Morgan fingerprint density at radius 2 is 1.83 bits per heavy atom. The fourth-order valence-corrected chi connectivity index (χ4v) is 3.02. The monoisotopic (exact) mass is 394 g/mol. The van der Waals surface area contributed by atoms with E-state index in [4.69, 9.17) is 0 Å². The molecule has 4 rings (SSSR count). The number of aryl methyl sites for hydroxylation is 1. The zero-order valence-electron chi connectivity index (χ0n) is 15.8. The van der Waals surface area contributed by atoms with Crippen molar-refractivity contribution in [1.29, 1.82) is 0 Å².